The summed E-state index contributed by atoms with van der Waals surface area (Å²) in [5.74, 6) is -6.86. The van der Waals surface area contributed by atoms with Crippen molar-refractivity contribution in [2.75, 3.05) is 34.4 Å². The van der Waals surface area contributed by atoms with Crippen molar-refractivity contribution < 1.29 is 80.5 Å². The summed E-state index contributed by atoms with van der Waals surface area (Å²) in [4.78, 5) is 66.8. The number of rotatable bonds is 22. The van der Waals surface area contributed by atoms with Crippen molar-refractivity contribution in [3.8, 4) is 11.8 Å². The molecule has 0 bridgehead atoms. The minimum Gasteiger partial charge on any atom is -0.494 e. The molecule has 4 heterocycles. The molecule has 14 N–H and O–H groups in total. The van der Waals surface area contributed by atoms with E-state index in [-0.39, 0.29) is 55.9 Å². The Balaban J connectivity index is 1.24. The number of nitrogens with one attached hydrogen (secondary N) is 4. The van der Waals surface area contributed by atoms with Crippen LogP contribution >= 0.6 is 0 Å². The molecule has 6 aromatic rings. The number of nitrogens with two attached hydrogens (primary N) is 2. The van der Waals surface area contributed by atoms with Gasteiger partial charge in [-0.05, 0) is 58.4 Å². The van der Waals surface area contributed by atoms with Crippen LogP contribution < -0.4 is 43.9 Å². The zero-order valence-electron chi connectivity index (χ0n) is 41.3. The summed E-state index contributed by atoms with van der Waals surface area (Å²) >= 11 is 0. The zero-order valence-corrected chi connectivity index (χ0v) is 44.6. The van der Waals surface area contributed by atoms with Crippen LogP contribution in [-0.4, -0.2) is 126 Å². The highest BCUT2D eigenvalue weighted by Gasteiger charge is 2.30. The van der Waals surface area contributed by atoms with Crippen LogP contribution in [0.15, 0.2) is 73.9 Å². The highest BCUT2D eigenvalue weighted by Crippen LogP contribution is 2.38. The number of anilines is 6. The first-order chi connectivity index (χ1) is 37.6. The summed E-state index contributed by atoms with van der Waals surface area (Å²) in [5.41, 5.74) is 1.86. The first kappa shape index (κ1) is 61.0. The van der Waals surface area contributed by atoms with E-state index in [4.69, 9.17) is 11.5 Å². The summed E-state index contributed by atoms with van der Waals surface area (Å²) in [6, 6.07) is 1.49. The SMILES string of the molecule is CCn1c(O)c(C(N)=O)c(C)c(N=Nc2cc(Nc3nc(F)nc(NCCCNc4nc(F)nc(Nc5cc(N=Nc6c(C)c(C(N)=O)c(O)n(CC)c6=O)c(S(=O)(=O)O)cc5S(=O)(=O)O)n4)n3)c(S(=O)(=O)O)cc2S(=O)(=O)O)c1=O. The molecule has 0 aliphatic heterocycles. The van der Waals surface area contributed by atoms with E-state index >= 15 is 0 Å². The number of carbonyl (C=O) groups excluding carboxylic acids is 2. The second kappa shape index (κ2) is 23.3. The number of azo groups is 2. The molecule has 42 heteroatoms. The number of amides is 2. The molecule has 4 aromatic heterocycles. The normalized spacial score (nSPS) is 12.3. The number of nitrogens with zero attached hydrogens (tertiary/aromatic N) is 12. The molecule has 0 aliphatic carbocycles. The first-order valence-corrected chi connectivity index (χ1v) is 27.8. The lowest BCUT2D eigenvalue weighted by molar-refractivity contribution is 0.0986. The molecule has 0 spiro atoms. The molecule has 0 fully saturated rings. The van der Waals surface area contributed by atoms with Crippen LogP contribution in [0.25, 0.3) is 0 Å². The number of carbonyl (C=O) groups is 2. The molecular weight excluding hydrogens is 1170 g/mol. The van der Waals surface area contributed by atoms with E-state index in [9.17, 15) is 90.1 Å². The summed E-state index contributed by atoms with van der Waals surface area (Å²) in [6.07, 6.45) is -3.08. The summed E-state index contributed by atoms with van der Waals surface area (Å²) in [7, 11) is -21.8. The zero-order chi connectivity index (χ0) is 60.4. The number of aromatic hydroxyl groups is 2. The maximum absolute atomic E-state index is 14.8. The van der Waals surface area contributed by atoms with E-state index < -0.39 is 176 Å². The van der Waals surface area contributed by atoms with Crippen LogP contribution in [0.3, 0.4) is 0 Å². The van der Waals surface area contributed by atoms with Gasteiger partial charge in [0.25, 0.3) is 63.4 Å². The fraction of sp³-hybridized carbons (Fsp3) is 0.231. The summed E-state index contributed by atoms with van der Waals surface area (Å²) in [5, 5.41) is 45.2. The lowest BCUT2D eigenvalue weighted by atomic mass is 10.1. The topological polar surface area (TPSA) is 563 Å². The lowest BCUT2D eigenvalue weighted by Crippen LogP contribution is -2.25. The van der Waals surface area contributed by atoms with Gasteiger partial charge in [0.1, 0.15) is 42.1 Å². The van der Waals surface area contributed by atoms with Crippen molar-refractivity contribution in [1.29, 1.82) is 0 Å². The number of primary amides is 2. The molecule has 432 valence electrons. The van der Waals surface area contributed by atoms with E-state index in [1.165, 1.54) is 13.8 Å². The highest BCUT2D eigenvalue weighted by atomic mass is 32.2. The Morgan fingerprint density at radius 2 is 0.864 bits per heavy atom. The van der Waals surface area contributed by atoms with Gasteiger partial charge in [-0.15, -0.1) is 20.5 Å². The van der Waals surface area contributed by atoms with Crippen molar-refractivity contribution in [1.82, 2.24) is 39.0 Å². The predicted molar refractivity (Wildman–Crippen MR) is 271 cm³/mol. The van der Waals surface area contributed by atoms with Gasteiger partial charge in [0.2, 0.25) is 35.6 Å². The van der Waals surface area contributed by atoms with E-state index in [1.54, 1.807) is 0 Å². The largest absolute Gasteiger partial charge is 0.494 e. The molecule has 6 rings (SSSR count). The fourth-order valence-corrected chi connectivity index (χ4v) is 9.94. The van der Waals surface area contributed by atoms with Crippen LogP contribution in [0.4, 0.5) is 66.7 Å². The van der Waals surface area contributed by atoms with Crippen molar-refractivity contribution in [2.45, 2.75) is 66.8 Å². The third-order valence-corrected chi connectivity index (χ3v) is 14.4. The highest BCUT2D eigenvalue weighted by molar-refractivity contribution is 7.87. The summed E-state index contributed by atoms with van der Waals surface area (Å²) in [6.45, 7) is 4.18. The molecule has 36 nitrogen and oxygen atoms in total. The van der Waals surface area contributed by atoms with E-state index in [1.807, 2.05) is 0 Å². The average Bonchev–Trinajstić information content (AvgIpc) is 3.41. The maximum Gasteiger partial charge on any atom is 0.315 e. The van der Waals surface area contributed by atoms with Gasteiger partial charge in [-0.2, -0.15) is 72.4 Å². The molecule has 0 aliphatic rings. The number of hydrogen-bond donors (Lipinski definition) is 12. The van der Waals surface area contributed by atoms with Crippen LogP contribution in [-0.2, 0) is 53.6 Å². The Labute approximate surface area is 452 Å². The first-order valence-electron chi connectivity index (χ1n) is 22.0. The second-order valence-corrected chi connectivity index (χ2v) is 21.6. The molecular formula is C39H40F2N18O18S4. The van der Waals surface area contributed by atoms with Gasteiger partial charge in [0.05, 0.1) is 11.4 Å². The van der Waals surface area contributed by atoms with Crippen molar-refractivity contribution >= 4 is 110 Å². The minimum absolute atomic E-state index is 0.0294. The van der Waals surface area contributed by atoms with E-state index in [2.05, 4.69) is 71.6 Å². The van der Waals surface area contributed by atoms with Crippen molar-refractivity contribution in [2.24, 2.45) is 31.9 Å². The monoisotopic (exact) mass is 1210 g/mol. The number of pyridine rings is 2. The second-order valence-electron chi connectivity index (χ2n) is 16.1. The summed E-state index contributed by atoms with van der Waals surface area (Å²) < 4.78 is 171. The van der Waals surface area contributed by atoms with Crippen LogP contribution in [0.1, 0.15) is 52.1 Å². The minimum atomic E-state index is -5.45. The van der Waals surface area contributed by atoms with Gasteiger partial charge in [0, 0.05) is 37.3 Å². The Kier molecular flexibility index (Phi) is 17.5. The third kappa shape index (κ3) is 13.6. The Hall–Kier alpha value is -9.20. The van der Waals surface area contributed by atoms with Crippen LogP contribution in [0, 0.1) is 26.0 Å². The number of benzene rings is 2. The quantitative estimate of drug-likeness (QED) is 0.0263. The van der Waals surface area contributed by atoms with Crippen LogP contribution in [0.2, 0.25) is 0 Å². The average molecular weight is 1220 g/mol. The number of halogens is 2. The molecule has 2 amide bonds. The Morgan fingerprint density at radius 3 is 1.16 bits per heavy atom. The van der Waals surface area contributed by atoms with Crippen molar-refractivity contribution in [3.05, 3.63) is 79.4 Å². The van der Waals surface area contributed by atoms with Crippen LogP contribution in [0.5, 0.6) is 11.8 Å². The van der Waals surface area contributed by atoms with Gasteiger partial charge in [-0.3, -0.25) is 46.5 Å². The van der Waals surface area contributed by atoms with Crippen molar-refractivity contribution in [3.63, 3.8) is 0 Å². The molecule has 0 atom stereocenters. The van der Waals surface area contributed by atoms with Gasteiger partial charge >= 0.3 is 12.2 Å². The molecule has 81 heavy (non-hydrogen) atoms. The molecule has 0 unspecified atom stereocenters. The predicted octanol–water partition coefficient (Wildman–Crippen LogP) is 2.14. The van der Waals surface area contributed by atoms with Gasteiger partial charge < -0.3 is 42.9 Å². The fourth-order valence-electron chi connectivity index (χ4n) is 7.22. The molecule has 0 saturated heterocycles. The molecule has 0 radical (unpaired) electrons. The van der Waals surface area contributed by atoms with Gasteiger partial charge in [-0.25, -0.2) is 0 Å². The van der Waals surface area contributed by atoms with E-state index in [0.717, 1.165) is 13.8 Å². The Morgan fingerprint density at radius 1 is 0.543 bits per heavy atom. The Bertz CT molecular complexity index is 4010. The molecule has 2 aromatic carbocycles. The molecule has 0 saturated carbocycles. The lowest BCUT2D eigenvalue weighted by Gasteiger charge is -2.14. The third-order valence-electron chi connectivity index (χ3n) is 10.8. The number of aromatic nitrogens is 8. The maximum atomic E-state index is 14.8. The smallest absolute Gasteiger partial charge is 0.315 e. The number of hydrogen-bond acceptors (Lipinski definition) is 28. The van der Waals surface area contributed by atoms with Gasteiger partial charge in [0.15, 0.2) is 11.4 Å². The van der Waals surface area contributed by atoms with Gasteiger partial charge in [-0.1, -0.05) is 0 Å². The van der Waals surface area contributed by atoms with E-state index in [0.29, 0.717) is 21.3 Å². The standard InChI is InChI=1S/C39H40F2N18O18S4/c1-5-58-30(62)24(28(42)60)14(3)26(32(58)64)56-54-18-10-16(20(78(66,67)68)12-22(18)80(72,73)74)46-38-50-34(40)48-36(52-38)44-8-7-9-45-37-49-35(41)51-39(53-37)47-17-11-19(23(81(75,76)77)13-21(17)79(69,70)71)55-57-27-15(4)25(29(43)61)31(63)59(6-2)33(27)65/h10-13,62-63H,5-9H2,1-4H3,(H2,42,60)(H2,43,61)(H,66,67,68)(H,69,70,71)(H,72,73,74)(H,75,76,77)(H2,44,46,48,50,52)(H2,45,47,49,51,53).